The average Bonchev–Trinajstić information content (AvgIpc) is 2.76. The highest BCUT2D eigenvalue weighted by Crippen LogP contribution is 2.29. The van der Waals surface area contributed by atoms with Crippen LogP contribution in [0.4, 0.5) is 8.78 Å². The van der Waals surface area contributed by atoms with Crippen molar-refractivity contribution in [2.24, 2.45) is 5.92 Å². The largest absolute Gasteiger partial charge is 0.495 e. The molecule has 2 N–H and O–H groups in total. The molecule has 2 aromatic rings. The fraction of sp³-hybridized carbons (Fsp3) is 0.435. The summed E-state index contributed by atoms with van der Waals surface area (Å²) in [5.41, 5.74) is 0.490. The molecular formula is C23H28F2N2O4S. The first-order valence-corrected chi connectivity index (χ1v) is 12.1. The predicted octanol–water partition coefficient (Wildman–Crippen LogP) is 4.32. The van der Waals surface area contributed by atoms with E-state index in [1.165, 1.54) is 31.4 Å². The van der Waals surface area contributed by atoms with E-state index in [4.69, 9.17) is 4.74 Å². The number of hydrogen-bond acceptors (Lipinski definition) is 4. The molecule has 32 heavy (non-hydrogen) atoms. The van der Waals surface area contributed by atoms with Crippen LogP contribution < -0.4 is 14.8 Å². The Hall–Kier alpha value is -2.52. The molecule has 3 atom stereocenters. The van der Waals surface area contributed by atoms with Crippen LogP contribution >= 0.6 is 0 Å². The molecule has 0 bridgehead atoms. The van der Waals surface area contributed by atoms with Crippen molar-refractivity contribution in [1.29, 1.82) is 0 Å². The third-order valence-electron chi connectivity index (χ3n) is 5.92. The summed E-state index contributed by atoms with van der Waals surface area (Å²) in [5, 5.41) is 2.68. The molecule has 0 radical (unpaired) electrons. The maximum absolute atomic E-state index is 13.5. The number of methoxy groups -OCH3 is 1. The molecule has 174 valence electrons. The zero-order valence-corrected chi connectivity index (χ0v) is 19.1. The number of nitrogens with one attached hydrogen (secondary N) is 2. The van der Waals surface area contributed by atoms with Crippen molar-refractivity contribution in [3.8, 4) is 5.75 Å². The van der Waals surface area contributed by atoms with Crippen LogP contribution in [0.1, 0.15) is 61.5 Å². The molecule has 1 aliphatic rings. The number of carbonyl (C=O) groups is 1. The Bertz CT molecular complexity index is 1090. The van der Waals surface area contributed by atoms with E-state index in [9.17, 15) is 22.0 Å². The molecule has 0 saturated heterocycles. The lowest BCUT2D eigenvalue weighted by atomic mass is 9.87. The minimum Gasteiger partial charge on any atom is -0.495 e. The van der Waals surface area contributed by atoms with Gasteiger partial charge in [-0.3, -0.25) is 4.79 Å². The van der Waals surface area contributed by atoms with Crippen molar-refractivity contribution in [2.75, 3.05) is 7.11 Å². The predicted molar refractivity (Wildman–Crippen MR) is 117 cm³/mol. The number of rotatable bonds is 7. The molecular weight excluding hydrogens is 438 g/mol. The third-order valence-corrected chi connectivity index (χ3v) is 7.44. The van der Waals surface area contributed by atoms with Crippen molar-refractivity contribution in [2.45, 2.75) is 56.5 Å². The number of hydrogen-bond donors (Lipinski definition) is 2. The molecule has 2 aromatic carbocycles. The second-order valence-electron chi connectivity index (χ2n) is 8.22. The minimum absolute atomic E-state index is 0.109. The van der Waals surface area contributed by atoms with Gasteiger partial charge in [-0.25, -0.2) is 21.9 Å². The van der Waals surface area contributed by atoms with Crippen LogP contribution in [0.2, 0.25) is 0 Å². The summed E-state index contributed by atoms with van der Waals surface area (Å²) in [6.07, 6.45) is 3.75. The molecule has 0 aliphatic heterocycles. The monoisotopic (exact) mass is 466 g/mol. The summed E-state index contributed by atoms with van der Waals surface area (Å²) >= 11 is 0. The van der Waals surface area contributed by atoms with Gasteiger partial charge in [-0.15, -0.1) is 0 Å². The van der Waals surface area contributed by atoms with Gasteiger partial charge in [0.1, 0.15) is 10.6 Å². The normalized spacial score (nSPS) is 19.9. The Morgan fingerprint density at radius 3 is 2.47 bits per heavy atom. The summed E-state index contributed by atoms with van der Waals surface area (Å²) in [7, 11) is -2.57. The van der Waals surface area contributed by atoms with E-state index in [-0.39, 0.29) is 28.2 Å². The number of ether oxygens (including phenoxy) is 1. The van der Waals surface area contributed by atoms with Crippen LogP contribution in [0.5, 0.6) is 5.75 Å². The van der Waals surface area contributed by atoms with Crippen molar-refractivity contribution in [3.63, 3.8) is 0 Å². The minimum atomic E-state index is -3.93. The van der Waals surface area contributed by atoms with E-state index in [1.807, 2.05) is 6.92 Å². The van der Waals surface area contributed by atoms with Gasteiger partial charge in [0.15, 0.2) is 11.6 Å². The van der Waals surface area contributed by atoms with Gasteiger partial charge in [0.05, 0.1) is 13.2 Å². The third kappa shape index (κ3) is 5.45. The Balaban J connectivity index is 1.83. The molecule has 0 spiro atoms. The first-order chi connectivity index (χ1) is 15.1. The summed E-state index contributed by atoms with van der Waals surface area (Å²) < 4.78 is 60.9. The van der Waals surface area contributed by atoms with Gasteiger partial charge in [-0.1, -0.05) is 25.8 Å². The van der Waals surface area contributed by atoms with Crippen molar-refractivity contribution in [1.82, 2.24) is 10.0 Å². The van der Waals surface area contributed by atoms with Gasteiger partial charge in [-0.2, -0.15) is 0 Å². The first-order valence-electron chi connectivity index (χ1n) is 10.6. The first kappa shape index (κ1) is 24.1. The highest BCUT2D eigenvalue weighted by molar-refractivity contribution is 7.89. The summed E-state index contributed by atoms with van der Waals surface area (Å²) in [6.45, 7) is 3.64. The summed E-state index contributed by atoms with van der Waals surface area (Å²) in [4.78, 5) is 12.6. The zero-order valence-electron chi connectivity index (χ0n) is 18.3. The van der Waals surface area contributed by atoms with E-state index in [0.717, 1.165) is 37.8 Å². The molecule has 3 unspecified atom stereocenters. The van der Waals surface area contributed by atoms with E-state index < -0.39 is 33.6 Å². The smallest absolute Gasteiger partial charge is 0.251 e. The molecule has 1 amide bonds. The maximum Gasteiger partial charge on any atom is 0.251 e. The zero-order chi connectivity index (χ0) is 23.5. The van der Waals surface area contributed by atoms with Crippen LogP contribution in [0, 0.1) is 17.6 Å². The van der Waals surface area contributed by atoms with E-state index >= 15 is 0 Å². The van der Waals surface area contributed by atoms with E-state index in [0.29, 0.717) is 5.56 Å². The van der Waals surface area contributed by atoms with Gasteiger partial charge in [0, 0.05) is 11.6 Å². The fourth-order valence-corrected chi connectivity index (χ4v) is 5.50. The van der Waals surface area contributed by atoms with Crippen LogP contribution in [0.15, 0.2) is 41.3 Å². The number of amides is 1. The van der Waals surface area contributed by atoms with Crippen LogP contribution in [-0.2, 0) is 10.0 Å². The standard InChI is InChI=1S/C23H28F2N2O4S/c1-14-6-4-5-7-20(14)27-32(29,30)22-13-17(9-11-21(22)31-3)23(28)26-15(2)16-8-10-18(24)19(25)12-16/h8-15,20,27H,4-7H2,1-3H3,(H,26,28). The second kappa shape index (κ2) is 9.95. The molecule has 1 saturated carbocycles. The number of sulfonamides is 1. The van der Waals surface area contributed by atoms with Crippen molar-refractivity contribution >= 4 is 15.9 Å². The second-order valence-corrected chi connectivity index (χ2v) is 9.91. The highest BCUT2D eigenvalue weighted by atomic mass is 32.2. The summed E-state index contributed by atoms with van der Waals surface area (Å²) in [5.74, 6) is -2.19. The summed E-state index contributed by atoms with van der Waals surface area (Å²) in [6, 6.07) is 6.72. The SMILES string of the molecule is COc1ccc(C(=O)NC(C)c2ccc(F)c(F)c2)cc1S(=O)(=O)NC1CCCCC1C. The number of benzene rings is 2. The van der Waals surface area contributed by atoms with Crippen molar-refractivity contribution < 1.29 is 26.7 Å². The molecule has 9 heteroatoms. The molecule has 0 aromatic heterocycles. The lowest BCUT2D eigenvalue weighted by molar-refractivity contribution is 0.0939. The van der Waals surface area contributed by atoms with Gasteiger partial charge in [-0.05, 0) is 61.6 Å². The van der Waals surface area contributed by atoms with Gasteiger partial charge in [0.25, 0.3) is 5.91 Å². The van der Waals surface area contributed by atoms with E-state index in [1.54, 1.807) is 6.92 Å². The molecule has 1 aliphatic carbocycles. The van der Waals surface area contributed by atoms with Crippen molar-refractivity contribution in [3.05, 3.63) is 59.2 Å². The number of carbonyl (C=O) groups excluding carboxylic acids is 1. The Kier molecular flexibility index (Phi) is 7.51. The maximum atomic E-state index is 13.5. The molecule has 6 nitrogen and oxygen atoms in total. The number of halogens is 2. The Morgan fingerprint density at radius 1 is 1.09 bits per heavy atom. The van der Waals surface area contributed by atoms with E-state index in [2.05, 4.69) is 10.0 Å². The Labute approximate surface area is 187 Å². The van der Waals surface area contributed by atoms with Gasteiger partial charge >= 0.3 is 0 Å². The molecule has 3 rings (SSSR count). The highest BCUT2D eigenvalue weighted by Gasteiger charge is 2.29. The van der Waals surface area contributed by atoms with Gasteiger partial charge in [0.2, 0.25) is 10.0 Å². The molecule has 0 heterocycles. The quantitative estimate of drug-likeness (QED) is 0.637. The van der Waals surface area contributed by atoms with Crippen LogP contribution in [-0.4, -0.2) is 27.5 Å². The fourth-order valence-electron chi connectivity index (χ4n) is 3.93. The topological polar surface area (TPSA) is 84.5 Å². The van der Waals surface area contributed by atoms with Gasteiger partial charge < -0.3 is 10.1 Å². The average molecular weight is 467 g/mol. The Morgan fingerprint density at radius 2 is 1.81 bits per heavy atom. The molecule has 1 fully saturated rings. The van der Waals surface area contributed by atoms with Crippen LogP contribution in [0.25, 0.3) is 0 Å². The lowest BCUT2D eigenvalue weighted by Gasteiger charge is -2.29. The van der Waals surface area contributed by atoms with Crippen LogP contribution in [0.3, 0.4) is 0 Å². The lowest BCUT2D eigenvalue weighted by Crippen LogP contribution is -2.41.